The topological polar surface area (TPSA) is 20.2 Å². The highest BCUT2D eigenvalue weighted by molar-refractivity contribution is 9.08. The van der Waals surface area contributed by atoms with Crippen LogP contribution in [0.15, 0.2) is 22.4 Å². The zero-order valence-electron chi connectivity index (χ0n) is 6.62. The summed E-state index contributed by atoms with van der Waals surface area (Å²) in [6.07, 6.45) is 0. The van der Waals surface area contributed by atoms with E-state index >= 15 is 0 Å². The van der Waals surface area contributed by atoms with Gasteiger partial charge in [0.05, 0.1) is 0 Å². The zero-order chi connectivity index (χ0) is 9.42. The molecule has 1 nitrogen and oxygen atoms in total. The summed E-state index contributed by atoms with van der Waals surface area (Å²) in [7, 11) is 0. The van der Waals surface area contributed by atoms with Crippen LogP contribution in [-0.2, 0) is 5.33 Å². The second kappa shape index (κ2) is 3.52. The second-order valence-electron chi connectivity index (χ2n) is 2.73. The average molecular weight is 275 g/mol. The van der Waals surface area contributed by atoms with Crippen molar-refractivity contribution < 1.29 is 5.11 Å². The van der Waals surface area contributed by atoms with E-state index in [0.29, 0.717) is 11.1 Å². The third kappa shape index (κ3) is 1.58. The van der Waals surface area contributed by atoms with Crippen LogP contribution in [0.25, 0.3) is 10.1 Å². The summed E-state index contributed by atoms with van der Waals surface area (Å²) >= 11 is 9.27. The Balaban J connectivity index is 2.76. The van der Waals surface area contributed by atoms with Crippen molar-refractivity contribution in [2.24, 2.45) is 0 Å². The number of halogens is 1. The van der Waals surface area contributed by atoms with Crippen molar-refractivity contribution >= 4 is 50.0 Å². The van der Waals surface area contributed by atoms with Crippen LogP contribution in [0.4, 0.5) is 0 Å². The van der Waals surface area contributed by atoms with Gasteiger partial charge >= 0.3 is 0 Å². The molecule has 1 aromatic carbocycles. The molecule has 0 saturated carbocycles. The molecule has 0 amide bonds. The quantitative estimate of drug-likeness (QED) is 0.599. The fraction of sp³-hybridized carbons (Fsp3) is 0.111. The molecule has 0 aliphatic carbocycles. The van der Waals surface area contributed by atoms with Gasteiger partial charge in [0.2, 0.25) is 0 Å². The highest BCUT2D eigenvalue weighted by Gasteiger charge is 2.06. The van der Waals surface area contributed by atoms with Gasteiger partial charge in [0.1, 0.15) is 5.75 Å². The average Bonchev–Trinajstić information content (AvgIpc) is 2.47. The number of hydrogen-bond acceptors (Lipinski definition) is 3. The first-order valence-electron chi connectivity index (χ1n) is 3.70. The molecule has 1 aromatic heterocycles. The van der Waals surface area contributed by atoms with Crippen molar-refractivity contribution in [1.82, 2.24) is 0 Å². The first kappa shape index (κ1) is 9.37. The zero-order valence-corrected chi connectivity index (χ0v) is 9.92. The Bertz CT molecular complexity index is 450. The van der Waals surface area contributed by atoms with Crippen LogP contribution in [0.3, 0.4) is 0 Å². The number of phenols is 1. The van der Waals surface area contributed by atoms with Gasteiger partial charge in [-0.2, -0.15) is 0 Å². The van der Waals surface area contributed by atoms with Crippen LogP contribution in [0.2, 0.25) is 0 Å². The summed E-state index contributed by atoms with van der Waals surface area (Å²) in [6, 6.07) is 3.76. The van der Waals surface area contributed by atoms with Crippen LogP contribution in [0.5, 0.6) is 5.75 Å². The Hall–Kier alpha value is -0.190. The van der Waals surface area contributed by atoms with E-state index in [9.17, 15) is 5.11 Å². The molecule has 1 N–H and O–H groups in total. The van der Waals surface area contributed by atoms with Gasteiger partial charge < -0.3 is 5.11 Å². The van der Waals surface area contributed by atoms with Gasteiger partial charge in [-0.25, -0.2) is 0 Å². The Kier molecular flexibility index (Phi) is 2.53. The van der Waals surface area contributed by atoms with Gasteiger partial charge in [0.25, 0.3) is 0 Å². The number of thiol groups is 1. The van der Waals surface area contributed by atoms with E-state index in [1.165, 1.54) is 0 Å². The van der Waals surface area contributed by atoms with E-state index in [-0.39, 0.29) is 0 Å². The Morgan fingerprint density at radius 2 is 2.23 bits per heavy atom. The molecule has 0 saturated heterocycles. The smallest absolute Gasteiger partial charge is 0.120 e. The van der Waals surface area contributed by atoms with E-state index in [0.717, 1.165) is 20.5 Å². The molecule has 0 spiro atoms. The van der Waals surface area contributed by atoms with Crippen LogP contribution < -0.4 is 0 Å². The van der Waals surface area contributed by atoms with Gasteiger partial charge in [-0.3, -0.25) is 0 Å². The van der Waals surface area contributed by atoms with Crippen LogP contribution >= 0.6 is 39.9 Å². The molecule has 2 aromatic rings. The minimum atomic E-state index is 0.332. The monoisotopic (exact) mass is 274 g/mol. The maximum Gasteiger partial charge on any atom is 0.120 e. The molecule has 0 atom stereocenters. The van der Waals surface area contributed by atoms with E-state index in [4.69, 9.17) is 0 Å². The van der Waals surface area contributed by atoms with Crippen molar-refractivity contribution in [3.63, 3.8) is 0 Å². The van der Waals surface area contributed by atoms with Crippen LogP contribution in [0.1, 0.15) is 5.56 Å². The molecule has 68 valence electrons. The van der Waals surface area contributed by atoms with Crippen LogP contribution in [-0.4, -0.2) is 5.11 Å². The molecule has 0 unspecified atom stereocenters. The Morgan fingerprint density at radius 3 is 2.92 bits per heavy atom. The van der Waals surface area contributed by atoms with Gasteiger partial charge in [0.15, 0.2) is 0 Å². The van der Waals surface area contributed by atoms with Crippen molar-refractivity contribution in [1.29, 1.82) is 0 Å². The number of benzene rings is 1. The number of fused-ring (bicyclic) bond motifs is 1. The number of hydrogen-bond donors (Lipinski definition) is 2. The molecule has 0 bridgehead atoms. The van der Waals surface area contributed by atoms with Crippen molar-refractivity contribution in [2.45, 2.75) is 10.2 Å². The molecule has 13 heavy (non-hydrogen) atoms. The maximum absolute atomic E-state index is 9.59. The largest absolute Gasteiger partial charge is 0.508 e. The fourth-order valence-electron chi connectivity index (χ4n) is 1.20. The van der Waals surface area contributed by atoms with Gasteiger partial charge in [-0.05, 0) is 12.1 Å². The summed E-state index contributed by atoms with van der Waals surface area (Å²) in [4.78, 5) is 0.927. The number of thiophene rings is 1. The van der Waals surface area contributed by atoms with E-state index in [2.05, 4.69) is 28.6 Å². The summed E-state index contributed by atoms with van der Waals surface area (Å²) in [6.45, 7) is 0. The SMILES string of the molecule is Oc1cc2c(S)csc2cc1CBr. The number of alkyl halides is 1. The Morgan fingerprint density at radius 1 is 1.46 bits per heavy atom. The fourth-order valence-corrected chi connectivity index (χ4v) is 2.94. The van der Waals surface area contributed by atoms with Crippen molar-refractivity contribution in [2.75, 3.05) is 0 Å². The van der Waals surface area contributed by atoms with Gasteiger partial charge in [-0.1, -0.05) is 15.9 Å². The first-order chi connectivity index (χ1) is 6.22. The van der Waals surface area contributed by atoms with Crippen molar-refractivity contribution in [3.05, 3.63) is 23.1 Å². The van der Waals surface area contributed by atoms with E-state index < -0.39 is 0 Å². The molecule has 0 aliphatic rings. The molecule has 0 radical (unpaired) electrons. The molecular weight excluding hydrogens is 268 g/mol. The lowest BCUT2D eigenvalue weighted by Gasteiger charge is -2.00. The number of rotatable bonds is 1. The minimum absolute atomic E-state index is 0.332. The summed E-state index contributed by atoms with van der Waals surface area (Å²) in [5.74, 6) is 0.332. The lowest BCUT2D eigenvalue weighted by Crippen LogP contribution is -1.78. The Labute approximate surface area is 93.9 Å². The maximum atomic E-state index is 9.59. The standard InChI is InChI=1S/C9H7BrOS2/c10-3-5-1-9-6(2-7(5)11)8(12)4-13-9/h1-2,4,11-12H,3H2. The minimum Gasteiger partial charge on any atom is -0.508 e. The highest BCUT2D eigenvalue weighted by atomic mass is 79.9. The molecular formula is C9H7BrOS2. The lowest BCUT2D eigenvalue weighted by atomic mass is 10.2. The van der Waals surface area contributed by atoms with E-state index in [1.54, 1.807) is 17.4 Å². The number of aromatic hydroxyl groups is 1. The summed E-state index contributed by atoms with van der Waals surface area (Å²) in [5.41, 5.74) is 0.919. The number of phenolic OH excluding ortho intramolecular Hbond substituents is 1. The van der Waals surface area contributed by atoms with E-state index in [1.807, 2.05) is 11.4 Å². The summed E-state index contributed by atoms with van der Waals surface area (Å²) in [5, 5.41) is 13.3. The van der Waals surface area contributed by atoms with Gasteiger partial charge in [0, 0.05) is 31.3 Å². The lowest BCUT2D eigenvalue weighted by molar-refractivity contribution is 0.471. The molecule has 2 rings (SSSR count). The van der Waals surface area contributed by atoms with Crippen LogP contribution in [0, 0.1) is 0 Å². The van der Waals surface area contributed by atoms with Gasteiger partial charge in [-0.15, -0.1) is 24.0 Å². The highest BCUT2D eigenvalue weighted by Crippen LogP contribution is 2.34. The molecule has 0 aliphatic heterocycles. The predicted octanol–water partition coefficient (Wildman–Crippen LogP) is 3.79. The first-order valence-corrected chi connectivity index (χ1v) is 6.15. The van der Waals surface area contributed by atoms with Crippen molar-refractivity contribution in [3.8, 4) is 5.75 Å². The predicted molar refractivity (Wildman–Crippen MR) is 63.4 cm³/mol. The normalized spacial score (nSPS) is 10.9. The molecule has 1 heterocycles. The third-order valence-electron chi connectivity index (χ3n) is 1.90. The third-order valence-corrected chi connectivity index (χ3v) is 3.99. The second-order valence-corrected chi connectivity index (χ2v) is 4.69. The molecule has 4 heteroatoms. The molecule has 0 fully saturated rings. The summed E-state index contributed by atoms with van der Waals surface area (Å²) < 4.78 is 1.16.